The number of fused-ring (bicyclic) bond motifs is 3. The van der Waals surface area contributed by atoms with Crippen LogP contribution >= 0.6 is 0 Å². The van der Waals surface area contributed by atoms with Crippen LogP contribution in [0.4, 0.5) is 0 Å². The van der Waals surface area contributed by atoms with Crippen LogP contribution in [0.15, 0.2) is 30.5 Å². The Labute approximate surface area is 79.2 Å². The number of pyridine rings is 1. The van der Waals surface area contributed by atoms with Gasteiger partial charge in [0.05, 0.1) is 17.2 Å². The maximum absolute atomic E-state index is 9.22. The fourth-order valence-corrected chi connectivity index (χ4v) is 1.60. The maximum Gasteiger partial charge on any atom is 0.292 e. The van der Waals surface area contributed by atoms with Gasteiger partial charge in [-0.2, -0.15) is 4.98 Å². The third kappa shape index (κ3) is 0.877. The number of imidazole rings is 1. The quantitative estimate of drug-likeness (QED) is 0.561. The first-order valence-electron chi connectivity index (χ1n) is 4.27. The molecule has 0 saturated heterocycles. The lowest BCUT2D eigenvalue weighted by molar-refractivity contribution is 0.438. The molecule has 3 rings (SSSR count). The summed E-state index contributed by atoms with van der Waals surface area (Å²) in [6, 6.07) is 7.66. The van der Waals surface area contributed by atoms with Crippen LogP contribution in [0.5, 0.6) is 6.01 Å². The third-order valence-corrected chi connectivity index (χ3v) is 2.22. The molecule has 3 aromatic rings. The summed E-state index contributed by atoms with van der Waals surface area (Å²) >= 11 is 0. The van der Waals surface area contributed by atoms with Gasteiger partial charge in [0.1, 0.15) is 5.52 Å². The second kappa shape index (κ2) is 2.45. The SMILES string of the molecule is Oc1nc2cnc3ccccc3c2[nH]1. The Morgan fingerprint density at radius 1 is 1.14 bits per heavy atom. The van der Waals surface area contributed by atoms with Crippen LogP contribution in [-0.4, -0.2) is 20.1 Å². The summed E-state index contributed by atoms with van der Waals surface area (Å²) in [6.07, 6.45) is 1.65. The number of hydrogen-bond acceptors (Lipinski definition) is 3. The van der Waals surface area contributed by atoms with E-state index in [0.29, 0.717) is 5.52 Å². The number of aromatic nitrogens is 3. The zero-order chi connectivity index (χ0) is 9.54. The lowest BCUT2D eigenvalue weighted by Gasteiger charge is -1.95. The number of rotatable bonds is 0. The average molecular weight is 185 g/mol. The molecule has 0 aliphatic carbocycles. The molecule has 2 aromatic heterocycles. The molecular weight excluding hydrogens is 178 g/mol. The number of para-hydroxylation sites is 1. The summed E-state index contributed by atoms with van der Waals surface area (Å²) in [5.74, 6) is 0. The Morgan fingerprint density at radius 2 is 2.00 bits per heavy atom. The van der Waals surface area contributed by atoms with Gasteiger partial charge >= 0.3 is 0 Å². The van der Waals surface area contributed by atoms with Crippen molar-refractivity contribution in [3.05, 3.63) is 30.5 Å². The predicted octanol–water partition coefficient (Wildman–Crippen LogP) is 1.82. The first-order chi connectivity index (χ1) is 6.84. The van der Waals surface area contributed by atoms with E-state index in [-0.39, 0.29) is 6.01 Å². The highest BCUT2D eigenvalue weighted by atomic mass is 16.3. The van der Waals surface area contributed by atoms with E-state index in [2.05, 4.69) is 15.0 Å². The van der Waals surface area contributed by atoms with Crippen molar-refractivity contribution in [2.75, 3.05) is 0 Å². The van der Waals surface area contributed by atoms with Gasteiger partial charge in [0, 0.05) is 5.39 Å². The van der Waals surface area contributed by atoms with Crippen molar-refractivity contribution in [3.8, 4) is 6.01 Å². The van der Waals surface area contributed by atoms with E-state index < -0.39 is 0 Å². The summed E-state index contributed by atoms with van der Waals surface area (Å²) in [4.78, 5) is 10.9. The molecule has 4 nitrogen and oxygen atoms in total. The fraction of sp³-hybridized carbons (Fsp3) is 0. The lowest BCUT2D eigenvalue weighted by Crippen LogP contribution is -1.79. The van der Waals surface area contributed by atoms with Crippen molar-refractivity contribution >= 4 is 21.9 Å². The van der Waals surface area contributed by atoms with Gasteiger partial charge in [-0.1, -0.05) is 18.2 Å². The van der Waals surface area contributed by atoms with Crippen molar-refractivity contribution < 1.29 is 5.11 Å². The zero-order valence-corrected chi connectivity index (χ0v) is 7.23. The molecule has 14 heavy (non-hydrogen) atoms. The van der Waals surface area contributed by atoms with E-state index in [1.807, 2.05) is 24.3 Å². The van der Waals surface area contributed by atoms with E-state index >= 15 is 0 Å². The van der Waals surface area contributed by atoms with Gasteiger partial charge in [-0.15, -0.1) is 0 Å². The van der Waals surface area contributed by atoms with E-state index in [0.717, 1.165) is 16.4 Å². The third-order valence-electron chi connectivity index (χ3n) is 2.22. The highest BCUT2D eigenvalue weighted by Gasteiger charge is 2.05. The molecule has 0 amide bonds. The summed E-state index contributed by atoms with van der Waals surface area (Å²) in [7, 11) is 0. The van der Waals surface area contributed by atoms with Gasteiger partial charge in [-0.05, 0) is 6.07 Å². The van der Waals surface area contributed by atoms with Gasteiger partial charge in [0.2, 0.25) is 0 Å². The van der Waals surface area contributed by atoms with Crippen LogP contribution in [0.3, 0.4) is 0 Å². The molecule has 68 valence electrons. The van der Waals surface area contributed by atoms with E-state index in [4.69, 9.17) is 0 Å². The minimum atomic E-state index is -0.0712. The maximum atomic E-state index is 9.22. The molecule has 2 heterocycles. The van der Waals surface area contributed by atoms with Crippen LogP contribution < -0.4 is 0 Å². The first-order valence-corrected chi connectivity index (χ1v) is 4.27. The number of aromatic amines is 1. The smallest absolute Gasteiger partial charge is 0.292 e. The Balaban J connectivity index is 2.60. The molecule has 0 radical (unpaired) electrons. The predicted molar refractivity (Wildman–Crippen MR) is 53.1 cm³/mol. The van der Waals surface area contributed by atoms with E-state index in [1.54, 1.807) is 6.20 Å². The summed E-state index contributed by atoms with van der Waals surface area (Å²) < 4.78 is 0. The largest absolute Gasteiger partial charge is 0.480 e. The minimum absolute atomic E-state index is 0.0712. The van der Waals surface area contributed by atoms with Crippen LogP contribution in [0.25, 0.3) is 21.9 Å². The fourth-order valence-electron chi connectivity index (χ4n) is 1.60. The van der Waals surface area contributed by atoms with Crippen LogP contribution in [-0.2, 0) is 0 Å². The molecule has 0 saturated carbocycles. The molecule has 0 spiro atoms. The second-order valence-corrected chi connectivity index (χ2v) is 3.10. The molecule has 0 aliphatic rings. The van der Waals surface area contributed by atoms with Crippen molar-refractivity contribution in [2.45, 2.75) is 0 Å². The van der Waals surface area contributed by atoms with Crippen LogP contribution in [0.1, 0.15) is 0 Å². The number of nitrogens with one attached hydrogen (secondary N) is 1. The Morgan fingerprint density at radius 3 is 2.93 bits per heavy atom. The summed E-state index contributed by atoms with van der Waals surface area (Å²) in [6.45, 7) is 0. The lowest BCUT2D eigenvalue weighted by atomic mass is 10.2. The van der Waals surface area contributed by atoms with E-state index in [9.17, 15) is 5.11 Å². The number of hydrogen-bond donors (Lipinski definition) is 2. The van der Waals surface area contributed by atoms with Crippen molar-refractivity contribution in [2.24, 2.45) is 0 Å². The zero-order valence-electron chi connectivity index (χ0n) is 7.23. The topological polar surface area (TPSA) is 61.8 Å². The number of H-pyrrole nitrogens is 1. The van der Waals surface area contributed by atoms with Crippen LogP contribution in [0, 0.1) is 0 Å². The number of nitrogens with zero attached hydrogens (tertiary/aromatic N) is 2. The van der Waals surface area contributed by atoms with Gasteiger partial charge in [-0.3, -0.25) is 4.98 Å². The van der Waals surface area contributed by atoms with Crippen molar-refractivity contribution in [3.63, 3.8) is 0 Å². The van der Waals surface area contributed by atoms with Gasteiger partial charge < -0.3 is 10.1 Å². The van der Waals surface area contributed by atoms with E-state index in [1.165, 1.54) is 0 Å². The molecule has 0 aliphatic heterocycles. The molecule has 1 aromatic carbocycles. The highest BCUT2D eigenvalue weighted by molar-refractivity contribution is 6.01. The normalized spacial score (nSPS) is 11.1. The molecule has 2 N–H and O–H groups in total. The standard InChI is InChI=1S/C10H7N3O/c14-10-12-8-5-11-7-4-2-1-3-6(7)9(8)13-10/h1-5H,(H2,12,13,14). The van der Waals surface area contributed by atoms with Gasteiger partial charge in [0.15, 0.2) is 0 Å². The van der Waals surface area contributed by atoms with Gasteiger partial charge in [-0.25, -0.2) is 0 Å². The Bertz CT molecular complexity index is 615. The molecule has 0 atom stereocenters. The molecule has 0 bridgehead atoms. The second-order valence-electron chi connectivity index (χ2n) is 3.10. The Hall–Kier alpha value is -2.10. The number of benzene rings is 1. The average Bonchev–Trinajstić information content (AvgIpc) is 2.59. The summed E-state index contributed by atoms with van der Waals surface area (Å²) in [5, 5.41) is 10.2. The first kappa shape index (κ1) is 7.32. The molecular formula is C10H7N3O. The monoisotopic (exact) mass is 185 g/mol. The van der Waals surface area contributed by atoms with Crippen LogP contribution in [0.2, 0.25) is 0 Å². The summed E-state index contributed by atoms with van der Waals surface area (Å²) in [5.41, 5.74) is 2.40. The molecule has 0 fully saturated rings. The Kier molecular flexibility index (Phi) is 1.28. The minimum Gasteiger partial charge on any atom is -0.480 e. The highest BCUT2D eigenvalue weighted by Crippen LogP contribution is 2.22. The number of aromatic hydroxyl groups is 1. The molecule has 4 heteroatoms. The van der Waals surface area contributed by atoms with Crippen molar-refractivity contribution in [1.29, 1.82) is 0 Å². The molecule has 0 unspecified atom stereocenters. The van der Waals surface area contributed by atoms with Crippen molar-refractivity contribution in [1.82, 2.24) is 15.0 Å². The van der Waals surface area contributed by atoms with Gasteiger partial charge in [0.25, 0.3) is 6.01 Å².